The first-order valence-electron chi connectivity index (χ1n) is 6.18. The number of rotatable bonds is 5. The van der Waals surface area contributed by atoms with Crippen LogP contribution in [0.1, 0.15) is 25.6 Å². The summed E-state index contributed by atoms with van der Waals surface area (Å²) in [7, 11) is 0. The molecule has 2 aromatic heterocycles. The summed E-state index contributed by atoms with van der Waals surface area (Å²) in [4.78, 5) is 9.76. The topological polar surface area (TPSA) is 37.8 Å². The van der Waals surface area contributed by atoms with Gasteiger partial charge in [-0.15, -0.1) is 0 Å². The number of pyridine rings is 2. The molecule has 0 aliphatic heterocycles. The van der Waals surface area contributed by atoms with Crippen LogP contribution in [0.2, 0.25) is 5.02 Å². The van der Waals surface area contributed by atoms with Crippen molar-refractivity contribution in [3.63, 3.8) is 0 Å². The van der Waals surface area contributed by atoms with Crippen molar-refractivity contribution in [1.82, 2.24) is 15.3 Å². The highest BCUT2D eigenvalue weighted by atomic mass is 35.5. The van der Waals surface area contributed by atoms with E-state index >= 15 is 0 Å². The second kappa shape index (κ2) is 6.89. The lowest BCUT2D eigenvalue weighted by Crippen LogP contribution is -2.18. The van der Waals surface area contributed by atoms with Gasteiger partial charge in [0, 0.05) is 23.3 Å². The highest BCUT2D eigenvalue weighted by Crippen LogP contribution is 2.30. The molecule has 1 unspecified atom stereocenters. The Bertz CT molecular complexity index is 530. The SMILES string of the molecule is CCNC(C)c1ccc(Sc2ncccc2Cl)cn1. The fourth-order valence-corrected chi connectivity index (χ4v) is 2.66. The second-order valence-corrected chi connectivity index (χ2v) is 5.56. The molecular formula is C14H16ClN3S. The summed E-state index contributed by atoms with van der Waals surface area (Å²) in [5, 5.41) is 4.81. The van der Waals surface area contributed by atoms with Gasteiger partial charge in [0.25, 0.3) is 0 Å². The number of hydrogen-bond donors (Lipinski definition) is 1. The molecule has 0 aliphatic rings. The monoisotopic (exact) mass is 293 g/mol. The van der Waals surface area contributed by atoms with E-state index in [9.17, 15) is 0 Å². The molecule has 5 heteroatoms. The molecule has 2 heterocycles. The highest BCUT2D eigenvalue weighted by molar-refractivity contribution is 7.99. The van der Waals surface area contributed by atoms with E-state index < -0.39 is 0 Å². The summed E-state index contributed by atoms with van der Waals surface area (Å²) in [6, 6.07) is 8.01. The highest BCUT2D eigenvalue weighted by Gasteiger charge is 2.07. The molecule has 0 radical (unpaired) electrons. The van der Waals surface area contributed by atoms with Crippen molar-refractivity contribution in [2.45, 2.75) is 29.8 Å². The Morgan fingerprint density at radius 2 is 2.16 bits per heavy atom. The van der Waals surface area contributed by atoms with E-state index in [1.807, 2.05) is 30.5 Å². The van der Waals surface area contributed by atoms with Gasteiger partial charge >= 0.3 is 0 Å². The Labute approximate surface area is 122 Å². The third-order valence-corrected chi connectivity index (χ3v) is 4.07. The zero-order chi connectivity index (χ0) is 13.7. The van der Waals surface area contributed by atoms with Gasteiger partial charge in [-0.1, -0.05) is 30.3 Å². The molecule has 0 saturated heterocycles. The van der Waals surface area contributed by atoms with Crippen LogP contribution in [0.25, 0.3) is 0 Å². The minimum Gasteiger partial charge on any atom is -0.309 e. The van der Waals surface area contributed by atoms with E-state index in [0.717, 1.165) is 22.2 Å². The van der Waals surface area contributed by atoms with E-state index in [-0.39, 0.29) is 6.04 Å². The van der Waals surface area contributed by atoms with Gasteiger partial charge < -0.3 is 5.32 Å². The van der Waals surface area contributed by atoms with E-state index in [2.05, 4.69) is 29.1 Å². The number of halogens is 1. The molecule has 3 nitrogen and oxygen atoms in total. The standard InChI is InChI=1S/C14H16ClN3S/c1-3-16-10(2)13-7-6-11(9-18-13)19-14-12(15)5-4-8-17-14/h4-10,16H,3H2,1-2H3. The summed E-state index contributed by atoms with van der Waals surface area (Å²) in [5.74, 6) is 0. The molecule has 0 aliphatic carbocycles. The first-order valence-corrected chi connectivity index (χ1v) is 7.38. The van der Waals surface area contributed by atoms with Crippen LogP contribution in [0.15, 0.2) is 46.6 Å². The quantitative estimate of drug-likeness (QED) is 0.906. The minimum absolute atomic E-state index is 0.266. The lowest BCUT2D eigenvalue weighted by molar-refractivity contribution is 0.582. The van der Waals surface area contributed by atoms with Crippen LogP contribution in [0, 0.1) is 0 Å². The number of nitrogens with zero attached hydrogens (tertiary/aromatic N) is 2. The smallest absolute Gasteiger partial charge is 0.119 e. The van der Waals surface area contributed by atoms with E-state index in [4.69, 9.17) is 11.6 Å². The van der Waals surface area contributed by atoms with Crippen molar-refractivity contribution in [3.05, 3.63) is 47.4 Å². The van der Waals surface area contributed by atoms with Crippen molar-refractivity contribution < 1.29 is 0 Å². The van der Waals surface area contributed by atoms with Gasteiger partial charge in [0.15, 0.2) is 0 Å². The molecule has 0 bridgehead atoms. The second-order valence-electron chi connectivity index (χ2n) is 4.09. The Hall–Kier alpha value is -1.10. The van der Waals surface area contributed by atoms with Crippen LogP contribution in [-0.4, -0.2) is 16.5 Å². The predicted octanol–water partition coefficient (Wildman–Crippen LogP) is 3.95. The third-order valence-electron chi connectivity index (χ3n) is 2.65. The molecule has 19 heavy (non-hydrogen) atoms. The summed E-state index contributed by atoms with van der Waals surface area (Å²) in [5.41, 5.74) is 1.04. The largest absolute Gasteiger partial charge is 0.309 e. The maximum Gasteiger partial charge on any atom is 0.119 e. The van der Waals surface area contributed by atoms with Gasteiger partial charge in [-0.3, -0.25) is 4.98 Å². The van der Waals surface area contributed by atoms with E-state index in [1.54, 1.807) is 6.20 Å². The molecule has 100 valence electrons. The molecular weight excluding hydrogens is 278 g/mol. The van der Waals surface area contributed by atoms with Crippen molar-refractivity contribution in [3.8, 4) is 0 Å². The number of aromatic nitrogens is 2. The van der Waals surface area contributed by atoms with Gasteiger partial charge in [-0.05, 0) is 37.7 Å². The van der Waals surface area contributed by atoms with Crippen molar-refractivity contribution in [1.29, 1.82) is 0 Å². The van der Waals surface area contributed by atoms with Crippen LogP contribution in [-0.2, 0) is 0 Å². The minimum atomic E-state index is 0.266. The van der Waals surface area contributed by atoms with Gasteiger partial charge in [0.1, 0.15) is 5.03 Å². The van der Waals surface area contributed by atoms with E-state index in [1.165, 1.54) is 11.8 Å². The summed E-state index contributed by atoms with van der Waals surface area (Å²) >= 11 is 7.61. The average Bonchev–Trinajstić information content (AvgIpc) is 2.42. The molecule has 0 spiro atoms. The Kier molecular flexibility index (Phi) is 5.19. The number of hydrogen-bond acceptors (Lipinski definition) is 4. The Morgan fingerprint density at radius 3 is 2.79 bits per heavy atom. The zero-order valence-corrected chi connectivity index (χ0v) is 12.5. The van der Waals surface area contributed by atoms with Gasteiger partial charge in [0.2, 0.25) is 0 Å². The van der Waals surface area contributed by atoms with Crippen molar-refractivity contribution in [2.24, 2.45) is 0 Å². The summed E-state index contributed by atoms with van der Waals surface area (Å²) in [6.07, 6.45) is 3.60. The van der Waals surface area contributed by atoms with Crippen molar-refractivity contribution >= 4 is 23.4 Å². The fraction of sp³-hybridized carbons (Fsp3) is 0.286. The van der Waals surface area contributed by atoms with E-state index in [0.29, 0.717) is 5.02 Å². The molecule has 0 fully saturated rings. The lowest BCUT2D eigenvalue weighted by Gasteiger charge is -2.11. The average molecular weight is 294 g/mol. The van der Waals surface area contributed by atoms with Crippen LogP contribution >= 0.6 is 23.4 Å². The third kappa shape index (κ3) is 3.93. The van der Waals surface area contributed by atoms with Gasteiger partial charge in [0.05, 0.1) is 10.7 Å². The first kappa shape index (κ1) is 14.3. The fourth-order valence-electron chi connectivity index (χ4n) is 1.68. The molecule has 2 aromatic rings. The maximum atomic E-state index is 6.08. The Morgan fingerprint density at radius 1 is 1.32 bits per heavy atom. The van der Waals surface area contributed by atoms with Crippen LogP contribution in [0.3, 0.4) is 0 Å². The summed E-state index contributed by atoms with van der Waals surface area (Å²) < 4.78 is 0. The molecule has 1 N–H and O–H groups in total. The van der Waals surface area contributed by atoms with Crippen molar-refractivity contribution in [2.75, 3.05) is 6.54 Å². The molecule has 0 amide bonds. The summed E-state index contributed by atoms with van der Waals surface area (Å²) in [6.45, 7) is 5.13. The lowest BCUT2D eigenvalue weighted by atomic mass is 10.2. The molecule has 0 saturated carbocycles. The van der Waals surface area contributed by atoms with Crippen LogP contribution in [0.4, 0.5) is 0 Å². The first-order chi connectivity index (χ1) is 9.20. The molecule has 2 rings (SSSR count). The molecule has 0 aromatic carbocycles. The van der Waals surface area contributed by atoms with Crippen LogP contribution in [0.5, 0.6) is 0 Å². The Balaban J connectivity index is 2.09. The van der Waals surface area contributed by atoms with Gasteiger partial charge in [-0.2, -0.15) is 0 Å². The molecule has 1 atom stereocenters. The van der Waals surface area contributed by atoms with Gasteiger partial charge in [-0.25, -0.2) is 4.98 Å². The van der Waals surface area contributed by atoms with Crippen LogP contribution < -0.4 is 5.32 Å². The maximum absolute atomic E-state index is 6.08. The zero-order valence-electron chi connectivity index (χ0n) is 10.9. The normalized spacial score (nSPS) is 12.4. The number of nitrogens with one attached hydrogen (secondary N) is 1. The predicted molar refractivity (Wildman–Crippen MR) is 79.7 cm³/mol.